The number of benzene rings is 1. The number of hydrogen-bond acceptors (Lipinski definition) is 5. The molecule has 1 aromatic carbocycles. The highest BCUT2D eigenvalue weighted by atomic mass is 35.5. The number of non-ortho nitro benzene ring substituents is 1. The van der Waals surface area contributed by atoms with E-state index < -0.39 is 46.1 Å². The lowest BCUT2D eigenvalue weighted by molar-refractivity contribution is -0.385. The van der Waals surface area contributed by atoms with Crippen LogP contribution < -0.4 is 0 Å². The van der Waals surface area contributed by atoms with Gasteiger partial charge in [0.2, 0.25) is 10.1 Å². The topological polar surface area (TPSA) is 107 Å². The van der Waals surface area contributed by atoms with E-state index in [9.17, 15) is 23.3 Å². The van der Waals surface area contributed by atoms with Crippen LogP contribution in [0.25, 0.3) is 0 Å². The molecule has 0 heterocycles. The Kier molecular flexibility index (Phi) is 5.51. The van der Waals surface area contributed by atoms with Crippen LogP contribution in [-0.4, -0.2) is 34.5 Å². The summed E-state index contributed by atoms with van der Waals surface area (Å²) in [6.45, 7) is 1.33. The van der Waals surface area contributed by atoms with Crippen LogP contribution in [0.2, 0.25) is 0 Å². The summed E-state index contributed by atoms with van der Waals surface area (Å²) in [5.74, 6) is -0.873. The molecule has 0 bridgehead atoms. The fraction of sp³-hybridized carbons (Fsp3) is 0.231. The van der Waals surface area contributed by atoms with Gasteiger partial charge in [-0.25, -0.2) is 0 Å². The van der Waals surface area contributed by atoms with Crippen LogP contribution in [0.5, 0.6) is 0 Å². The fourth-order valence-electron chi connectivity index (χ4n) is 1.96. The van der Waals surface area contributed by atoms with E-state index in [1.54, 1.807) is 0 Å². The SMILES string of the molecule is CC1=C(Cl)C(=O)C(Cl)(Cl)C(Cl)/C1=N\S(=O)(=O)c1cccc([N+](=O)[O-])c1. The Balaban J connectivity index is 2.63. The van der Waals surface area contributed by atoms with Crippen molar-refractivity contribution in [2.45, 2.75) is 21.5 Å². The molecule has 25 heavy (non-hydrogen) atoms. The Bertz CT molecular complexity index is 939. The van der Waals surface area contributed by atoms with Gasteiger partial charge in [-0.05, 0) is 18.6 Å². The minimum atomic E-state index is -4.40. The van der Waals surface area contributed by atoms with Crippen LogP contribution in [0.4, 0.5) is 5.69 Å². The van der Waals surface area contributed by atoms with Crippen molar-refractivity contribution in [1.29, 1.82) is 0 Å². The maximum atomic E-state index is 12.5. The number of ketones is 1. The number of nitro benzene ring substituents is 1. The van der Waals surface area contributed by atoms with Gasteiger partial charge in [-0.1, -0.05) is 40.9 Å². The molecule has 1 aromatic rings. The predicted molar refractivity (Wildman–Crippen MR) is 95.4 cm³/mol. The Morgan fingerprint density at radius 2 is 1.92 bits per heavy atom. The van der Waals surface area contributed by atoms with Crippen LogP contribution in [-0.2, 0) is 14.8 Å². The Morgan fingerprint density at radius 3 is 2.48 bits per heavy atom. The average Bonchev–Trinajstić information content (AvgIpc) is 2.56. The Hall–Kier alpha value is -1.19. The lowest BCUT2D eigenvalue weighted by atomic mass is 9.96. The first-order chi connectivity index (χ1) is 11.4. The number of allylic oxidation sites excluding steroid dienone is 2. The van der Waals surface area contributed by atoms with Crippen molar-refractivity contribution < 1.29 is 18.1 Å². The van der Waals surface area contributed by atoms with E-state index >= 15 is 0 Å². The molecule has 0 N–H and O–H groups in total. The number of rotatable bonds is 3. The van der Waals surface area contributed by atoms with Crippen LogP contribution >= 0.6 is 46.4 Å². The Labute approximate surface area is 162 Å². The molecule has 7 nitrogen and oxygen atoms in total. The van der Waals surface area contributed by atoms with Crippen molar-refractivity contribution in [2.24, 2.45) is 4.40 Å². The summed E-state index contributed by atoms with van der Waals surface area (Å²) in [5, 5.41) is 8.91. The monoisotopic (exact) mass is 444 g/mol. The average molecular weight is 446 g/mol. The summed E-state index contributed by atoms with van der Waals surface area (Å²) < 4.78 is 26.3. The van der Waals surface area contributed by atoms with E-state index in [4.69, 9.17) is 46.4 Å². The minimum Gasteiger partial charge on any atom is -0.290 e. The third kappa shape index (κ3) is 3.68. The van der Waals surface area contributed by atoms with Crippen molar-refractivity contribution in [3.8, 4) is 0 Å². The minimum absolute atomic E-state index is 0.00222. The standard InChI is InChI=1S/C13H8Cl4N2O5S/c1-6-9(14)12(20)13(16,17)11(15)10(6)18-25(23,24)8-4-2-3-7(5-8)19(21)22/h2-5,11H,1H3/b18-10-. The summed E-state index contributed by atoms with van der Waals surface area (Å²) in [6, 6.07) is 4.28. The van der Waals surface area contributed by atoms with E-state index in [2.05, 4.69) is 4.40 Å². The quantitative estimate of drug-likeness (QED) is 0.401. The van der Waals surface area contributed by atoms with Gasteiger partial charge in [-0.2, -0.15) is 12.8 Å². The van der Waals surface area contributed by atoms with E-state index in [1.165, 1.54) is 13.0 Å². The van der Waals surface area contributed by atoms with Gasteiger partial charge < -0.3 is 0 Å². The summed E-state index contributed by atoms with van der Waals surface area (Å²) in [5.41, 5.74) is -0.753. The molecule has 12 heteroatoms. The molecular formula is C13H8Cl4N2O5S. The molecule has 0 aliphatic heterocycles. The van der Waals surface area contributed by atoms with Crippen LogP contribution in [0.1, 0.15) is 6.92 Å². The smallest absolute Gasteiger partial charge is 0.282 e. The number of nitro groups is 1. The molecule has 0 saturated carbocycles. The predicted octanol–water partition coefficient (Wildman–Crippen LogP) is 3.60. The lowest BCUT2D eigenvalue weighted by Crippen LogP contribution is -2.46. The van der Waals surface area contributed by atoms with Gasteiger partial charge in [-0.3, -0.25) is 14.9 Å². The number of nitrogens with zero attached hydrogens (tertiary/aromatic N) is 2. The van der Waals surface area contributed by atoms with Crippen LogP contribution in [0.3, 0.4) is 0 Å². The first kappa shape index (κ1) is 20.1. The van der Waals surface area contributed by atoms with Crippen molar-refractivity contribution in [1.82, 2.24) is 0 Å². The fourth-order valence-corrected chi connectivity index (χ4v) is 4.20. The molecule has 1 atom stereocenters. The molecule has 0 amide bonds. The summed E-state index contributed by atoms with van der Waals surface area (Å²) in [6.07, 6.45) is 0. The van der Waals surface area contributed by atoms with Crippen molar-refractivity contribution in [3.63, 3.8) is 0 Å². The van der Waals surface area contributed by atoms with Gasteiger partial charge in [0.05, 0.1) is 20.6 Å². The highest BCUT2D eigenvalue weighted by molar-refractivity contribution is 7.90. The number of alkyl halides is 3. The van der Waals surface area contributed by atoms with Crippen molar-refractivity contribution in [3.05, 3.63) is 45.0 Å². The van der Waals surface area contributed by atoms with E-state index in [0.717, 1.165) is 18.2 Å². The van der Waals surface area contributed by atoms with Crippen molar-refractivity contribution in [2.75, 3.05) is 0 Å². The van der Waals surface area contributed by atoms with Crippen LogP contribution in [0.15, 0.2) is 44.2 Å². The van der Waals surface area contributed by atoms with Gasteiger partial charge in [-0.15, -0.1) is 11.6 Å². The summed E-state index contributed by atoms with van der Waals surface area (Å²) in [7, 11) is -4.40. The normalized spacial score (nSPS) is 22.4. The molecule has 1 aliphatic carbocycles. The van der Waals surface area contributed by atoms with Gasteiger partial charge >= 0.3 is 0 Å². The number of carbonyl (C=O) groups excluding carboxylic acids is 1. The molecule has 0 spiro atoms. The number of halogens is 4. The van der Waals surface area contributed by atoms with Crippen LogP contribution in [0, 0.1) is 10.1 Å². The van der Waals surface area contributed by atoms with E-state index in [0.29, 0.717) is 0 Å². The first-order valence-corrected chi connectivity index (χ1v) is 9.43. The number of carbonyl (C=O) groups is 1. The second-order valence-corrected chi connectivity index (χ2v) is 8.76. The highest BCUT2D eigenvalue weighted by Gasteiger charge is 2.50. The number of Topliss-reactive ketones (excluding diaryl/α,β-unsaturated/α-hetero) is 1. The largest absolute Gasteiger partial charge is 0.290 e. The van der Waals surface area contributed by atoms with Gasteiger partial charge in [0.1, 0.15) is 5.38 Å². The zero-order valence-corrected chi connectivity index (χ0v) is 16.1. The molecule has 0 aromatic heterocycles. The van der Waals surface area contributed by atoms with Gasteiger partial charge in [0.15, 0.2) is 0 Å². The molecule has 1 aliphatic rings. The zero-order chi connectivity index (χ0) is 19.2. The molecule has 0 fully saturated rings. The second kappa shape index (κ2) is 6.85. The first-order valence-electron chi connectivity index (χ1n) is 6.42. The lowest BCUT2D eigenvalue weighted by Gasteiger charge is -2.30. The molecular weight excluding hydrogens is 438 g/mol. The van der Waals surface area contributed by atoms with E-state index in [-0.39, 0.29) is 11.3 Å². The highest BCUT2D eigenvalue weighted by Crippen LogP contribution is 2.41. The molecule has 2 rings (SSSR count). The maximum absolute atomic E-state index is 12.5. The van der Waals surface area contributed by atoms with Gasteiger partial charge in [0.25, 0.3) is 15.7 Å². The third-order valence-corrected chi connectivity index (χ3v) is 6.60. The van der Waals surface area contributed by atoms with Crippen molar-refractivity contribution >= 4 is 73.6 Å². The molecule has 0 saturated heterocycles. The number of hydrogen-bond donors (Lipinski definition) is 0. The van der Waals surface area contributed by atoms with E-state index in [1.807, 2.05) is 0 Å². The summed E-state index contributed by atoms with van der Waals surface area (Å²) >= 11 is 23.6. The maximum Gasteiger partial charge on any atom is 0.282 e. The molecule has 134 valence electrons. The molecule has 1 unspecified atom stereocenters. The second-order valence-electron chi connectivity index (χ2n) is 4.96. The molecule has 0 radical (unpaired) electrons. The summed E-state index contributed by atoms with van der Waals surface area (Å²) in [4.78, 5) is 21.6. The zero-order valence-electron chi connectivity index (χ0n) is 12.2. The number of sulfonamides is 1. The Morgan fingerprint density at radius 1 is 1.32 bits per heavy atom. The van der Waals surface area contributed by atoms with Gasteiger partial charge in [0, 0.05) is 12.1 Å². The third-order valence-electron chi connectivity index (χ3n) is 3.32.